The molecule has 6 heteroatoms. The Labute approximate surface area is 72.0 Å². The monoisotopic (exact) mass is 189 g/mol. The zero-order valence-corrected chi connectivity index (χ0v) is 7.80. The molecule has 0 unspecified atom stereocenters. The highest BCUT2D eigenvalue weighted by molar-refractivity contribution is 7.89. The predicted octanol–water partition coefficient (Wildman–Crippen LogP) is 0.126. The minimum Gasteiger partial charge on any atom is -0.331 e. The third-order valence-electron chi connectivity index (χ3n) is 0.735. The van der Waals surface area contributed by atoms with E-state index in [0.29, 0.717) is 0 Å². The van der Waals surface area contributed by atoms with Gasteiger partial charge in [-0.05, 0) is 13.1 Å². The van der Waals surface area contributed by atoms with Gasteiger partial charge in [-0.1, -0.05) is 6.58 Å². The van der Waals surface area contributed by atoms with Crippen molar-refractivity contribution in [2.24, 2.45) is 9.39 Å². The Balaban J connectivity index is 4.72. The lowest BCUT2D eigenvalue weighted by Crippen LogP contribution is -2.16. The topological polar surface area (TPSA) is 70.9 Å². The standard InChI is InChI=1S/C6H11N3O2S/c1-4-7-6(8-5-2)9-12(3,10)11/h4-5H,1H2,2-3H3,(H,7,9)/b8-5-. The largest absolute Gasteiger partial charge is 0.331 e. The van der Waals surface area contributed by atoms with E-state index in [0.717, 1.165) is 6.26 Å². The lowest BCUT2D eigenvalue weighted by molar-refractivity contribution is 0.603. The molecule has 0 aliphatic rings. The summed E-state index contributed by atoms with van der Waals surface area (Å²) in [5, 5.41) is 2.48. The highest BCUT2D eigenvalue weighted by atomic mass is 32.2. The van der Waals surface area contributed by atoms with Crippen LogP contribution < -0.4 is 5.32 Å². The van der Waals surface area contributed by atoms with Crippen LogP contribution in [0.25, 0.3) is 0 Å². The van der Waals surface area contributed by atoms with Crippen LogP contribution in [0.4, 0.5) is 0 Å². The van der Waals surface area contributed by atoms with Gasteiger partial charge in [0.05, 0.1) is 6.26 Å². The lowest BCUT2D eigenvalue weighted by Gasteiger charge is -1.96. The highest BCUT2D eigenvalue weighted by Crippen LogP contribution is 1.86. The Morgan fingerprint density at radius 3 is 2.50 bits per heavy atom. The molecule has 0 aliphatic carbocycles. The van der Waals surface area contributed by atoms with E-state index >= 15 is 0 Å². The Bertz CT molecular complexity index is 303. The van der Waals surface area contributed by atoms with Crippen LogP contribution in [-0.2, 0) is 10.0 Å². The van der Waals surface area contributed by atoms with Crippen LogP contribution >= 0.6 is 0 Å². The minimum absolute atomic E-state index is 0.00926. The smallest absolute Gasteiger partial charge is 0.253 e. The second-order valence-electron chi connectivity index (χ2n) is 1.88. The van der Waals surface area contributed by atoms with Crippen LogP contribution in [0.2, 0.25) is 0 Å². The first-order chi connectivity index (χ1) is 5.49. The van der Waals surface area contributed by atoms with Gasteiger partial charge in [0.15, 0.2) is 0 Å². The number of rotatable bonds is 2. The average Bonchev–Trinajstić information content (AvgIpc) is 1.84. The number of hydrogen-bond acceptors (Lipinski definition) is 2. The highest BCUT2D eigenvalue weighted by Gasteiger charge is 1.99. The van der Waals surface area contributed by atoms with E-state index in [1.54, 1.807) is 6.92 Å². The van der Waals surface area contributed by atoms with Gasteiger partial charge in [-0.3, -0.25) is 0 Å². The number of nitrogens with zero attached hydrogens (tertiary/aromatic N) is 2. The van der Waals surface area contributed by atoms with E-state index in [9.17, 15) is 8.42 Å². The summed E-state index contributed by atoms with van der Waals surface area (Å²) in [6.07, 6.45) is 3.72. The van der Waals surface area contributed by atoms with Crippen LogP contribution in [-0.4, -0.2) is 26.8 Å². The first-order valence-electron chi connectivity index (χ1n) is 3.15. The van der Waals surface area contributed by atoms with E-state index in [2.05, 4.69) is 21.3 Å². The Morgan fingerprint density at radius 2 is 2.17 bits per heavy atom. The van der Waals surface area contributed by atoms with Gasteiger partial charge in [0, 0.05) is 6.21 Å². The van der Waals surface area contributed by atoms with Gasteiger partial charge in [-0.25, -0.2) is 13.4 Å². The van der Waals surface area contributed by atoms with Crippen LogP contribution in [0.5, 0.6) is 0 Å². The maximum Gasteiger partial charge on any atom is 0.253 e. The molecule has 1 N–H and O–H groups in total. The number of nitrogens with one attached hydrogen (secondary N) is 1. The molecule has 0 spiro atoms. The van der Waals surface area contributed by atoms with Gasteiger partial charge >= 0.3 is 0 Å². The molecule has 68 valence electrons. The Morgan fingerprint density at radius 1 is 1.58 bits per heavy atom. The van der Waals surface area contributed by atoms with E-state index in [1.807, 2.05) is 0 Å². The van der Waals surface area contributed by atoms with Crippen LogP contribution in [0.1, 0.15) is 6.92 Å². The van der Waals surface area contributed by atoms with Gasteiger partial charge in [0.1, 0.15) is 0 Å². The zero-order chi connectivity index (χ0) is 9.61. The van der Waals surface area contributed by atoms with E-state index in [4.69, 9.17) is 0 Å². The molecule has 0 fully saturated rings. The lowest BCUT2D eigenvalue weighted by atomic mass is 10.8. The predicted molar refractivity (Wildman–Crippen MR) is 49.8 cm³/mol. The summed E-state index contributed by atoms with van der Waals surface area (Å²) in [4.78, 5) is 3.66. The zero-order valence-electron chi connectivity index (χ0n) is 6.98. The molecule has 5 nitrogen and oxygen atoms in total. The third kappa shape index (κ3) is 5.60. The van der Waals surface area contributed by atoms with Gasteiger partial charge in [0.2, 0.25) is 5.96 Å². The molecular weight excluding hydrogens is 178 g/mol. The van der Waals surface area contributed by atoms with E-state index < -0.39 is 10.0 Å². The van der Waals surface area contributed by atoms with Crippen molar-refractivity contribution < 1.29 is 8.42 Å². The molecule has 0 atom stereocenters. The Hall–Kier alpha value is -1.17. The van der Waals surface area contributed by atoms with Crippen molar-refractivity contribution in [1.82, 2.24) is 5.32 Å². The number of aliphatic imine (C=N–C) groups is 1. The van der Waals surface area contributed by atoms with Crippen molar-refractivity contribution >= 4 is 22.2 Å². The molecule has 0 saturated carbocycles. The first kappa shape index (κ1) is 10.8. The van der Waals surface area contributed by atoms with Crippen molar-refractivity contribution in [1.29, 1.82) is 0 Å². The fraction of sp³-hybridized carbons (Fsp3) is 0.333. The van der Waals surface area contributed by atoms with Crippen molar-refractivity contribution in [2.75, 3.05) is 6.26 Å². The summed E-state index contributed by atoms with van der Waals surface area (Å²) >= 11 is 0. The van der Waals surface area contributed by atoms with Crippen LogP contribution in [0.3, 0.4) is 0 Å². The maximum absolute atomic E-state index is 10.7. The van der Waals surface area contributed by atoms with Crippen molar-refractivity contribution in [3.05, 3.63) is 12.8 Å². The van der Waals surface area contributed by atoms with E-state index in [-0.39, 0.29) is 5.96 Å². The number of sulfonamides is 1. The summed E-state index contributed by atoms with van der Waals surface area (Å²) in [7, 11) is -3.40. The van der Waals surface area contributed by atoms with Crippen molar-refractivity contribution in [3.8, 4) is 0 Å². The molecule has 0 radical (unpaired) electrons. The maximum atomic E-state index is 10.7. The van der Waals surface area contributed by atoms with Crippen molar-refractivity contribution in [3.63, 3.8) is 0 Å². The van der Waals surface area contributed by atoms with Gasteiger partial charge in [-0.2, -0.15) is 0 Å². The quantitative estimate of drug-likeness (QED) is 0.495. The summed E-state index contributed by atoms with van der Waals surface area (Å²) in [6.45, 7) is 5.01. The molecule has 0 aliphatic heterocycles. The summed E-state index contributed by atoms with van der Waals surface area (Å²) in [5.41, 5.74) is 0. The second-order valence-corrected chi connectivity index (χ2v) is 3.53. The molecule has 0 heterocycles. The molecule has 12 heavy (non-hydrogen) atoms. The Kier molecular flexibility index (Phi) is 4.20. The molecule has 0 rings (SSSR count). The minimum atomic E-state index is -3.40. The molecule has 0 amide bonds. The molecule has 0 aromatic heterocycles. The molecule has 0 bridgehead atoms. The van der Waals surface area contributed by atoms with E-state index in [1.165, 1.54) is 12.4 Å². The van der Waals surface area contributed by atoms with Crippen LogP contribution in [0, 0.1) is 0 Å². The third-order valence-corrected chi connectivity index (χ3v) is 1.24. The number of hydrogen-bond donors (Lipinski definition) is 1. The normalized spacial score (nSPS) is 13.3. The summed E-state index contributed by atoms with van der Waals surface area (Å²) in [5.74, 6) is 0.00926. The molecule has 0 aromatic rings. The van der Waals surface area contributed by atoms with Gasteiger partial charge < -0.3 is 5.32 Å². The summed E-state index contributed by atoms with van der Waals surface area (Å²) < 4.78 is 24.6. The summed E-state index contributed by atoms with van der Waals surface area (Å²) in [6, 6.07) is 0. The van der Waals surface area contributed by atoms with Crippen molar-refractivity contribution in [2.45, 2.75) is 6.92 Å². The number of guanidine groups is 1. The second kappa shape index (κ2) is 4.66. The SMILES string of the molecule is C=CNC(/N=C\C)=N\S(C)(=O)=O. The molecule has 0 saturated heterocycles. The molecular formula is C6H11N3O2S. The first-order valence-corrected chi connectivity index (χ1v) is 5.00. The van der Waals surface area contributed by atoms with Crippen LogP contribution in [0.15, 0.2) is 22.2 Å². The van der Waals surface area contributed by atoms with Gasteiger partial charge in [0.25, 0.3) is 10.0 Å². The molecule has 0 aromatic carbocycles. The average molecular weight is 189 g/mol. The fourth-order valence-electron chi connectivity index (χ4n) is 0.458. The fourth-order valence-corrected chi connectivity index (χ4v) is 0.872. The van der Waals surface area contributed by atoms with Gasteiger partial charge in [-0.15, -0.1) is 4.40 Å².